The van der Waals surface area contributed by atoms with Gasteiger partial charge in [-0.05, 0) is 42.9 Å². The molecule has 2 heteroatoms. The normalized spacial score (nSPS) is 25.7. The van der Waals surface area contributed by atoms with Crippen LogP contribution in [0, 0.1) is 17.3 Å². The molecule has 1 saturated heterocycles. The van der Waals surface area contributed by atoms with Crippen LogP contribution < -0.4 is 0 Å². The average molecular weight is 209 g/mol. The molecule has 15 heavy (non-hydrogen) atoms. The van der Waals surface area contributed by atoms with Gasteiger partial charge in [-0.25, -0.2) is 0 Å². The number of nitrogens with zero attached hydrogens (tertiary/aromatic N) is 1. The van der Waals surface area contributed by atoms with Gasteiger partial charge in [0.2, 0.25) is 5.91 Å². The van der Waals surface area contributed by atoms with Gasteiger partial charge in [-0.3, -0.25) is 4.79 Å². The van der Waals surface area contributed by atoms with Crippen LogP contribution in [0.1, 0.15) is 46.5 Å². The van der Waals surface area contributed by atoms with Crippen LogP contribution in [-0.4, -0.2) is 23.9 Å². The van der Waals surface area contributed by atoms with E-state index < -0.39 is 0 Å². The van der Waals surface area contributed by atoms with Crippen LogP contribution in [0.2, 0.25) is 0 Å². The van der Waals surface area contributed by atoms with E-state index in [1.165, 1.54) is 25.7 Å². The summed E-state index contributed by atoms with van der Waals surface area (Å²) >= 11 is 0. The van der Waals surface area contributed by atoms with Crippen molar-refractivity contribution in [1.29, 1.82) is 0 Å². The Morgan fingerprint density at radius 2 is 1.80 bits per heavy atom. The first kappa shape index (κ1) is 11.0. The number of amides is 1. The molecule has 2 rings (SSSR count). The smallest absolute Gasteiger partial charge is 0.219 e. The maximum absolute atomic E-state index is 11.2. The van der Waals surface area contributed by atoms with Gasteiger partial charge in [0.05, 0.1) is 0 Å². The topological polar surface area (TPSA) is 20.3 Å². The number of hydrogen-bond donors (Lipinski definition) is 0. The van der Waals surface area contributed by atoms with Gasteiger partial charge in [-0.2, -0.15) is 0 Å². The Labute approximate surface area is 93.0 Å². The highest BCUT2D eigenvalue weighted by molar-refractivity contribution is 5.73. The van der Waals surface area contributed by atoms with Crippen molar-refractivity contribution < 1.29 is 4.79 Å². The lowest BCUT2D eigenvalue weighted by atomic mass is 9.55. The number of piperidine rings is 1. The maximum Gasteiger partial charge on any atom is 0.219 e. The van der Waals surface area contributed by atoms with E-state index in [0.717, 1.165) is 24.9 Å². The summed E-state index contributed by atoms with van der Waals surface area (Å²) in [7, 11) is 0. The summed E-state index contributed by atoms with van der Waals surface area (Å²) in [5, 5.41) is 0. The Morgan fingerprint density at radius 3 is 2.20 bits per heavy atom. The van der Waals surface area contributed by atoms with Gasteiger partial charge in [0.15, 0.2) is 0 Å². The molecule has 0 N–H and O–H groups in total. The summed E-state index contributed by atoms with van der Waals surface area (Å²) in [6.45, 7) is 8.36. The minimum Gasteiger partial charge on any atom is -0.343 e. The van der Waals surface area contributed by atoms with Crippen LogP contribution in [0.4, 0.5) is 0 Å². The highest BCUT2D eigenvalue weighted by Gasteiger charge is 2.46. The van der Waals surface area contributed by atoms with Crippen molar-refractivity contribution in [2.45, 2.75) is 46.5 Å². The summed E-state index contributed by atoms with van der Waals surface area (Å²) in [4.78, 5) is 13.2. The van der Waals surface area contributed by atoms with Crippen molar-refractivity contribution in [3.63, 3.8) is 0 Å². The van der Waals surface area contributed by atoms with Crippen molar-refractivity contribution >= 4 is 5.91 Å². The molecule has 2 aliphatic rings. The van der Waals surface area contributed by atoms with Crippen molar-refractivity contribution in [3.8, 4) is 0 Å². The number of likely N-dealkylation sites (tertiary alicyclic amines) is 1. The molecule has 1 saturated carbocycles. The molecule has 0 atom stereocenters. The third-order valence-electron chi connectivity index (χ3n) is 4.60. The highest BCUT2D eigenvalue weighted by atomic mass is 16.2. The molecule has 1 spiro atoms. The molecular formula is C13H23NO. The fraction of sp³-hybridized carbons (Fsp3) is 0.923. The molecule has 2 fully saturated rings. The van der Waals surface area contributed by atoms with Gasteiger partial charge in [0, 0.05) is 20.0 Å². The average Bonchev–Trinajstić information content (AvgIpc) is 2.13. The third kappa shape index (κ3) is 2.04. The lowest BCUT2D eigenvalue weighted by Crippen LogP contribution is -2.49. The highest BCUT2D eigenvalue weighted by Crippen LogP contribution is 2.54. The standard InChI is InChI=1S/C13H23NO/c1-10(2)12-8-13(9-12)4-6-14(7-5-13)11(3)15/h10,12H,4-9H2,1-3H3. The van der Waals surface area contributed by atoms with E-state index >= 15 is 0 Å². The molecule has 0 unspecified atom stereocenters. The van der Waals surface area contributed by atoms with E-state index in [9.17, 15) is 4.79 Å². The second kappa shape index (κ2) is 3.80. The second-order valence-corrected chi connectivity index (χ2v) is 5.92. The zero-order valence-corrected chi connectivity index (χ0v) is 10.3. The first-order chi connectivity index (χ1) is 7.02. The van der Waals surface area contributed by atoms with Crippen molar-refractivity contribution in [1.82, 2.24) is 4.90 Å². The van der Waals surface area contributed by atoms with Crippen LogP contribution in [0.5, 0.6) is 0 Å². The van der Waals surface area contributed by atoms with E-state index in [2.05, 4.69) is 13.8 Å². The summed E-state index contributed by atoms with van der Waals surface area (Å²) in [5.74, 6) is 2.06. The summed E-state index contributed by atoms with van der Waals surface area (Å²) in [5.41, 5.74) is 0.626. The quantitative estimate of drug-likeness (QED) is 0.650. The van der Waals surface area contributed by atoms with Crippen LogP contribution in [-0.2, 0) is 4.79 Å². The van der Waals surface area contributed by atoms with E-state index in [4.69, 9.17) is 0 Å². The monoisotopic (exact) mass is 209 g/mol. The van der Waals surface area contributed by atoms with Gasteiger partial charge in [-0.15, -0.1) is 0 Å². The number of carbonyl (C=O) groups is 1. The SMILES string of the molecule is CC(=O)N1CCC2(CC1)CC(C(C)C)C2. The molecule has 1 heterocycles. The zero-order valence-electron chi connectivity index (χ0n) is 10.3. The van der Waals surface area contributed by atoms with Gasteiger partial charge in [-0.1, -0.05) is 13.8 Å². The van der Waals surface area contributed by atoms with Crippen molar-refractivity contribution in [2.24, 2.45) is 17.3 Å². The molecular weight excluding hydrogens is 186 g/mol. The fourth-order valence-electron chi connectivity index (χ4n) is 3.23. The summed E-state index contributed by atoms with van der Waals surface area (Å²) < 4.78 is 0. The minimum atomic E-state index is 0.254. The van der Waals surface area contributed by atoms with Crippen molar-refractivity contribution in [2.75, 3.05) is 13.1 Å². The van der Waals surface area contributed by atoms with E-state index in [1.807, 2.05) is 4.90 Å². The zero-order chi connectivity index (χ0) is 11.1. The Bertz CT molecular complexity index is 243. The van der Waals surface area contributed by atoms with E-state index in [1.54, 1.807) is 6.92 Å². The summed E-state index contributed by atoms with van der Waals surface area (Å²) in [6.07, 6.45) is 5.32. The molecule has 2 nitrogen and oxygen atoms in total. The fourth-order valence-corrected chi connectivity index (χ4v) is 3.23. The van der Waals surface area contributed by atoms with Gasteiger partial charge < -0.3 is 4.90 Å². The molecule has 1 amide bonds. The molecule has 0 aromatic heterocycles. The van der Waals surface area contributed by atoms with Gasteiger partial charge >= 0.3 is 0 Å². The predicted molar refractivity (Wildman–Crippen MR) is 61.5 cm³/mol. The lowest BCUT2D eigenvalue weighted by molar-refractivity contribution is -0.133. The Hall–Kier alpha value is -0.530. The second-order valence-electron chi connectivity index (χ2n) is 5.92. The molecule has 86 valence electrons. The van der Waals surface area contributed by atoms with Crippen molar-refractivity contribution in [3.05, 3.63) is 0 Å². The van der Waals surface area contributed by atoms with Crippen LogP contribution in [0.3, 0.4) is 0 Å². The van der Waals surface area contributed by atoms with Crippen LogP contribution >= 0.6 is 0 Å². The Kier molecular flexibility index (Phi) is 2.78. The molecule has 0 aromatic rings. The molecule has 0 radical (unpaired) electrons. The first-order valence-corrected chi connectivity index (χ1v) is 6.28. The number of hydrogen-bond acceptors (Lipinski definition) is 1. The molecule has 0 aromatic carbocycles. The van der Waals surface area contributed by atoms with Crippen LogP contribution in [0.25, 0.3) is 0 Å². The predicted octanol–water partition coefficient (Wildman–Crippen LogP) is 2.68. The summed E-state index contributed by atoms with van der Waals surface area (Å²) in [6, 6.07) is 0. The third-order valence-corrected chi connectivity index (χ3v) is 4.60. The van der Waals surface area contributed by atoms with E-state index in [0.29, 0.717) is 5.41 Å². The minimum absolute atomic E-state index is 0.254. The number of carbonyl (C=O) groups excluding carboxylic acids is 1. The lowest BCUT2D eigenvalue weighted by Gasteiger charge is -2.53. The molecule has 0 bridgehead atoms. The largest absolute Gasteiger partial charge is 0.343 e. The Balaban J connectivity index is 1.83. The number of rotatable bonds is 1. The molecule has 1 aliphatic carbocycles. The van der Waals surface area contributed by atoms with E-state index in [-0.39, 0.29) is 5.91 Å². The van der Waals surface area contributed by atoms with Crippen LogP contribution in [0.15, 0.2) is 0 Å². The maximum atomic E-state index is 11.2. The molecule has 1 aliphatic heterocycles. The van der Waals surface area contributed by atoms with Gasteiger partial charge in [0.1, 0.15) is 0 Å². The van der Waals surface area contributed by atoms with Gasteiger partial charge in [0.25, 0.3) is 0 Å². The Morgan fingerprint density at radius 1 is 1.27 bits per heavy atom. The first-order valence-electron chi connectivity index (χ1n) is 6.28.